The van der Waals surface area contributed by atoms with Crippen molar-refractivity contribution in [2.75, 3.05) is 11.9 Å². The predicted octanol–water partition coefficient (Wildman–Crippen LogP) is 2.17. The topological polar surface area (TPSA) is 83.6 Å². The Morgan fingerprint density at radius 3 is 2.12 bits per heavy atom. The molecule has 1 aromatic rings. The lowest BCUT2D eigenvalue weighted by atomic mass is 9.85. The molecule has 0 bridgehead atoms. The number of likely N-dealkylation sites (tertiary alicyclic amines) is 1. The van der Waals surface area contributed by atoms with E-state index in [1.165, 1.54) is 11.8 Å². The van der Waals surface area contributed by atoms with Crippen LogP contribution in [-0.2, 0) is 14.4 Å². The van der Waals surface area contributed by atoms with Gasteiger partial charge in [0, 0.05) is 24.2 Å². The number of fused-ring (bicyclic) bond motifs is 1. The van der Waals surface area contributed by atoms with Crippen molar-refractivity contribution in [3.63, 3.8) is 0 Å². The van der Waals surface area contributed by atoms with Crippen molar-refractivity contribution in [1.82, 2.24) is 4.90 Å². The van der Waals surface area contributed by atoms with Crippen LogP contribution in [0.4, 0.5) is 5.69 Å². The van der Waals surface area contributed by atoms with Gasteiger partial charge in [0.1, 0.15) is 0 Å². The van der Waals surface area contributed by atoms with Crippen LogP contribution in [0.15, 0.2) is 36.4 Å². The summed E-state index contributed by atoms with van der Waals surface area (Å²) in [7, 11) is 0. The quantitative estimate of drug-likeness (QED) is 0.506. The second-order valence-corrected chi connectivity index (χ2v) is 6.42. The smallest absolute Gasteiger partial charge is 0.233 e. The van der Waals surface area contributed by atoms with Crippen molar-refractivity contribution in [3.8, 4) is 0 Å². The molecular weight excluding hydrogens is 320 g/mol. The maximum atomic E-state index is 12.3. The molecule has 0 aromatic heterocycles. The lowest BCUT2D eigenvalue weighted by Crippen LogP contribution is -2.34. The van der Waals surface area contributed by atoms with E-state index in [1.54, 1.807) is 24.3 Å². The van der Waals surface area contributed by atoms with E-state index >= 15 is 0 Å². The van der Waals surface area contributed by atoms with Gasteiger partial charge >= 0.3 is 0 Å². The van der Waals surface area contributed by atoms with Gasteiger partial charge in [0.15, 0.2) is 5.78 Å². The number of ketones is 1. The number of allylic oxidation sites excluding steroid dienone is 2. The maximum Gasteiger partial charge on any atom is 0.233 e. The number of nitrogens with zero attached hydrogens (tertiary/aromatic N) is 1. The Bertz CT molecular complexity index is 725. The van der Waals surface area contributed by atoms with Gasteiger partial charge in [0.2, 0.25) is 17.7 Å². The third kappa shape index (κ3) is 3.52. The Kier molecular flexibility index (Phi) is 4.79. The zero-order chi connectivity index (χ0) is 18.0. The highest BCUT2D eigenvalue weighted by Gasteiger charge is 2.46. The number of hydrogen-bond donors (Lipinski definition) is 1. The second-order valence-electron chi connectivity index (χ2n) is 6.42. The molecular formula is C19H20N2O4. The summed E-state index contributed by atoms with van der Waals surface area (Å²) in [5, 5.41) is 2.71. The van der Waals surface area contributed by atoms with Gasteiger partial charge in [0.05, 0.1) is 11.8 Å². The lowest BCUT2D eigenvalue weighted by molar-refractivity contribution is -0.140. The Balaban J connectivity index is 1.55. The van der Waals surface area contributed by atoms with Crippen LogP contribution in [0.3, 0.4) is 0 Å². The van der Waals surface area contributed by atoms with Crippen LogP contribution in [0.25, 0.3) is 0 Å². The van der Waals surface area contributed by atoms with Crippen LogP contribution < -0.4 is 5.32 Å². The summed E-state index contributed by atoms with van der Waals surface area (Å²) in [6, 6.07) is 6.59. The van der Waals surface area contributed by atoms with Crippen LogP contribution in [-0.4, -0.2) is 34.9 Å². The number of amides is 3. The molecule has 0 saturated carbocycles. The Labute approximate surface area is 145 Å². The molecule has 2 unspecified atom stereocenters. The number of Topliss-reactive ketones (excluding diaryl/α,β-unsaturated/α-hetero) is 1. The molecule has 1 saturated heterocycles. The summed E-state index contributed by atoms with van der Waals surface area (Å²) in [5.41, 5.74) is 1.15. The first-order chi connectivity index (χ1) is 12.0. The number of rotatable bonds is 5. The number of benzene rings is 1. The SMILES string of the molecule is CC(=O)c1ccc(NC(=O)CCN2C(=O)C3CC=CCC3C2=O)cc1. The highest BCUT2D eigenvalue weighted by atomic mass is 16.2. The normalized spacial score (nSPS) is 22.0. The summed E-state index contributed by atoms with van der Waals surface area (Å²) in [6.07, 6.45) is 5.13. The zero-order valence-electron chi connectivity index (χ0n) is 14.0. The van der Waals surface area contributed by atoms with Crippen molar-refractivity contribution in [1.29, 1.82) is 0 Å². The average Bonchev–Trinajstić information content (AvgIpc) is 2.85. The average molecular weight is 340 g/mol. The Hall–Kier alpha value is -2.76. The fraction of sp³-hybridized carbons (Fsp3) is 0.368. The van der Waals surface area contributed by atoms with Crippen LogP contribution >= 0.6 is 0 Å². The predicted molar refractivity (Wildman–Crippen MR) is 91.8 cm³/mol. The molecule has 1 heterocycles. The van der Waals surface area contributed by atoms with Crippen LogP contribution in [0.2, 0.25) is 0 Å². The molecule has 6 nitrogen and oxygen atoms in total. The van der Waals surface area contributed by atoms with Gasteiger partial charge in [-0.05, 0) is 44.0 Å². The van der Waals surface area contributed by atoms with Gasteiger partial charge in [-0.2, -0.15) is 0 Å². The van der Waals surface area contributed by atoms with Crippen LogP contribution in [0.5, 0.6) is 0 Å². The standard InChI is InChI=1S/C19H20N2O4/c1-12(22)13-6-8-14(9-7-13)20-17(23)10-11-21-18(24)15-4-2-3-5-16(15)19(21)25/h2-3,6-9,15-16H,4-5,10-11H2,1H3,(H,20,23). The molecule has 1 aliphatic carbocycles. The van der Waals surface area contributed by atoms with E-state index in [9.17, 15) is 19.2 Å². The summed E-state index contributed by atoms with van der Waals surface area (Å²) < 4.78 is 0. The number of imide groups is 1. The first kappa shape index (κ1) is 17.1. The molecule has 25 heavy (non-hydrogen) atoms. The third-order valence-electron chi connectivity index (χ3n) is 4.74. The van der Waals surface area contributed by atoms with Crippen molar-refractivity contribution >= 4 is 29.2 Å². The van der Waals surface area contributed by atoms with E-state index in [4.69, 9.17) is 0 Å². The van der Waals surface area contributed by atoms with E-state index in [0.717, 1.165) is 0 Å². The van der Waals surface area contributed by atoms with Gasteiger partial charge in [0.25, 0.3) is 0 Å². The molecule has 1 N–H and O–H groups in total. The van der Waals surface area contributed by atoms with E-state index < -0.39 is 0 Å². The van der Waals surface area contributed by atoms with Crippen LogP contribution in [0, 0.1) is 11.8 Å². The molecule has 1 aromatic carbocycles. The molecule has 0 spiro atoms. The molecule has 2 atom stereocenters. The highest BCUT2D eigenvalue weighted by Crippen LogP contribution is 2.35. The second kappa shape index (κ2) is 7.01. The molecule has 1 aliphatic heterocycles. The molecule has 3 amide bonds. The van der Waals surface area contributed by atoms with Crippen molar-refractivity contribution < 1.29 is 19.2 Å². The van der Waals surface area contributed by atoms with Crippen molar-refractivity contribution in [2.24, 2.45) is 11.8 Å². The zero-order valence-corrected chi connectivity index (χ0v) is 14.0. The van der Waals surface area contributed by atoms with Gasteiger partial charge in [-0.3, -0.25) is 24.1 Å². The minimum absolute atomic E-state index is 0.0418. The summed E-state index contributed by atoms with van der Waals surface area (Å²) in [6.45, 7) is 1.58. The van der Waals surface area contributed by atoms with E-state index in [2.05, 4.69) is 5.32 Å². The Morgan fingerprint density at radius 2 is 1.60 bits per heavy atom. The first-order valence-corrected chi connectivity index (χ1v) is 8.38. The summed E-state index contributed by atoms with van der Waals surface area (Å²) in [4.78, 5) is 49.2. The minimum atomic E-state index is -0.274. The minimum Gasteiger partial charge on any atom is -0.326 e. The van der Waals surface area contributed by atoms with E-state index in [1.807, 2.05) is 12.2 Å². The van der Waals surface area contributed by atoms with Gasteiger partial charge in [-0.25, -0.2) is 0 Å². The third-order valence-corrected chi connectivity index (χ3v) is 4.74. The van der Waals surface area contributed by atoms with Gasteiger partial charge < -0.3 is 5.32 Å². The fourth-order valence-electron chi connectivity index (χ4n) is 3.31. The van der Waals surface area contributed by atoms with E-state index in [0.29, 0.717) is 24.1 Å². The van der Waals surface area contributed by atoms with E-state index in [-0.39, 0.29) is 48.3 Å². The molecule has 2 aliphatic rings. The lowest BCUT2D eigenvalue weighted by Gasteiger charge is -2.14. The van der Waals surface area contributed by atoms with Crippen molar-refractivity contribution in [3.05, 3.63) is 42.0 Å². The largest absolute Gasteiger partial charge is 0.326 e. The number of nitrogens with one attached hydrogen (secondary N) is 1. The monoisotopic (exact) mass is 340 g/mol. The number of carbonyl (C=O) groups excluding carboxylic acids is 4. The Morgan fingerprint density at radius 1 is 1.04 bits per heavy atom. The summed E-state index contributed by atoms with van der Waals surface area (Å²) >= 11 is 0. The highest BCUT2D eigenvalue weighted by molar-refractivity contribution is 6.06. The summed E-state index contributed by atoms with van der Waals surface area (Å²) in [5.74, 6) is -1.18. The molecule has 3 rings (SSSR count). The van der Waals surface area contributed by atoms with Crippen LogP contribution in [0.1, 0.15) is 36.5 Å². The molecule has 130 valence electrons. The molecule has 1 fully saturated rings. The van der Waals surface area contributed by atoms with Gasteiger partial charge in [-0.15, -0.1) is 0 Å². The van der Waals surface area contributed by atoms with Crippen molar-refractivity contribution in [2.45, 2.75) is 26.2 Å². The fourth-order valence-corrected chi connectivity index (χ4v) is 3.31. The number of anilines is 1. The first-order valence-electron chi connectivity index (χ1n) is 8.38. The van der Waals surface area contributed by atoms with Gasteiger partial charge in [-0.1, -0.05) is 12.2 Å². The molecule has 6 heteroatoms. The maximum absolute atomic E-state index is 12.3. The number of carbonyl (C=O) groups is 4. The molecule has 0 radical (unpaired) electrons. The number of hydrogen-bond acceptors (Lipinski definition) is 4.